The summed E-state index contributed by atoms with van der Waals surface area (Å²) in [7, 11) is 0. The average molecular weight is 583 g/mol. The van der Waals surface area contributed by atoms with E-state index in [0.29, 0.717) is 23.6 Å². The molecule has 1 saturated heterocycles. The highest BCUT2D eigenvalue weighted by Crippen LogP contribution is 2.42. The molecule has 220 valence electrons. The van der Waals surface area contributed by atoms with Gasteiger partial charge in [0.2, 0.25) is 0 Å². The molecule has 0 spiro atoms. The first-order valence-electron chi connectivity index (χ1n) is 15.1. The minimum absolute atomic E-state index is 0.00629. The highest BCUT2D eigenvalue weighted by Gasteiger charge is 2.29. The van der Waals surface area contributed by atoms with E-state index in [4.69, 9.17) is 0 Å². The number of fused-ring (bicyclic) bond motifs is 1. The number of thioether (sulfide) groups is 1. The van der Waals surface area contributed by atoms with Gasteiger partial charge >= 0.3 is 0 Å². The van der Waals surface area contributed by atoms with Crippen LogP contribution in [0.2, 0.25) is 0 Å². The predicted molar refractivity (Wildman–Crippen MR) is 174 cm³/mol. The largest absolute Gasteiger partial charge is 0.352 e. The van der Waals surface area contributed by atoms with E-state index in [9.17, 15) is 9.59 Å². The van der Waals surface area contributed by atoms with Gasteiger partial charge in [0.25, 0.3) is 11.8 Å². The SMILES string of the molecule is CCCN1CCN(CCCNC(=O)c2ccc(/C=C3/Sc4ccccc4N(Cc4cc(C)ccc4C)C3=O)cc2)CC1. The van der Waals surface area contributed by atoms with Crippen LogP contribution in [0.4, 0.5) is 5.69 Å². The number of hydrogen-bond donors (Lipinski definition) is 1. The molecule has 5 rings (SSSR count). The molecular formula is C35H42N4O2S. The third kappa shape index (κ3) is 7.51. The van der Waals surface area contributed by atoms with Gasteiger partial charge in [-0.2, -0.15) is 0 Å². The number of anilines is 1. The molecular weight excluding hydrogens is 540 g/mol. The Morgan fingerprint density at radius 2 is 1.64 bits per heavy atom. The molecule has 1 fully saturated rings. The van der Waals surface area contributed by atoms with E-state index in [-0.39, 0.29) is 11.8 Å². The molecule has 2 aliphatic rings. The number of carbonyl (C=O) groups excluding carboxylic acids is 2. The summed E-state index contributed by atoms with van der Waals surface area (Å²) in [5, 5.41) is 3.07. The van der Waals surface area contributed by atoms with Crippen LogP contribution in [-0.2, 0) is 11.3 Å². The topological polar surface area (TPSA) is 55.9 Å². The van der Waals surface area contributed by atoms with Crippen LogP contribution < -0.4 is 10.2 Å². The molecule has 42 heavy (non-hydrogen) atoms. The van der Waals surface area contributed by atoms with E-state index in [2.05, 4.69) is 60.2 Å². The van der Waals surface area contributed by atoms with Gasteiger partial charge < -0.3 is 20.0 Å². The van der Waals surface area contributed by atoms with Crippen LogP contribution in [-0.4, -0.2) is 67.4 Å². The quantitative estimate of drug-likeness (QED) is 0.230. The van der Waals surface area contributed by atoms with Crippen molar-refractivity contribution in [1.82, 2.24) is 15.1 Å². The van der Waals surface area contributed by atoms with Crippen LogP contribution in [0.5, 0.6) is 0 Å². The van der Waals surface area contributed by atoms with E-state index < -0.39 is 0 Å². The Bertz CT molecular complexity index is 1430. The van der Waals surface area contributed by atoms with Crippen LogP contribution in [0.3, 0.4) is 0 Å². The molecule has 6 nitrogen and oxygen atoms in total. The predicted octanol–water partition coefficient (Wildman–Crippen LogP) is 6.13. The second-order valence-corrected chi connectivity index (χ2v) is 12.4. The maximum absolute atomic E-state index is 13.7. The Morgan fingerprint density at radius 3 is 2.38 bits per heavy atom. The molecule has 0 aromatic heterocycles. The van der Waals surface area contributed by atoms with E-state index in [0.717, 1.165) is 60.9 Å². The smallest absolute Gasteiger partial charge is 0.265 e. The number of amides is 2. The molecule has 0 atom stereocenters. The van der Waals surface area contributed by atoms with Crippen LogP contribution in [0.15, 0.2) is 76.5 Å². The minimum atomic E-state index is -0.0567. The van der Waals surface area contributed by atoms with E-state index in [1.54, 1.807) is 0 Å². The van der Waals surface area contributed by atoms with Crippen LogP contribution >= 0.6 is 11.8 Å². The van der Waals surface area contributed by atoms with Crippen molar-refractivity contribution in [2.45, 2.75) is 45.1 Å². The lowest BCUT2D eigenvalue weighted by atomic mass is 10.0. The molecule has 7 heteroatoms. The molecule has 2 heterocycles. The van der Waals surface area contributed by atoms with Gasteiger partial charge in [-0.1, -0.05) is 66.7 Å². The number of hydrogen-bond acceptors (Lipinski definition) is 5. The van der Waals surface area contributed by atoms with Crippen molar-refractivity contribution < 1.29 is 9.59 Å². The maximum Gasteiger partial charge on any atom is 0.265 e. The number of carbonyl (C=O) groups is 2. The molecule has 0 aliphatic carbocycles. The molecule has 2 aliphatic heterocycles. The van der Waals surface area contributed by atoms with Crippen molar-refractivity contribution in [3.8, 4) is 0 Å². The van der Waals surface area contributed by atoms with Crippen LogP contribution in [0.1, 0.15) is 52.4 Å². The fourth-order valence-corrected chi connectivity index (χ4v) is 6.66. The number of nitrogens with zero attached hydrogens (tertiary/aromatic N) is 3. The third-order valence-electron chi connectivity index (χ3n) is 8.08. The Labute approximate surface area is 254 Å². The summed E-state index contributed by atoms with van der Waals surface area (Å²) in [6, 6.07) is 22.0. The van der Waals surface area contributed by atoms with Gasteiger partial charge in [-0.3, -0.25) is 9.59 Å². The third-order valence-corrected chi connectivity index (χ3v) is 9.15. The molecule has 3 aromatic carbocycles. The summed E-state index contributed by atoms with van der Waals surface area (Å²) in [4.78, 5) is 35.1. The Hall–Kier alpha value is -3.39. The highest BCUT2D eigenvalue weighted by molar-refractivity contribution is 8.04. The summed E-state index contributed by atoms with van der Waals surface area (Å²) < 4.78 is 0. The van der Waals surface area contributed by atoms with Gasteiger partial charge in [-0.25, -0.2) is 0 Å². The molecule has 0 unspecified atom stereocenters. The number of aryl methyl sites for hydroxylation is 2. The molecule has 2 amide bonds. The standard InChI is InChI=1S/C35H42N4O2S/c1-4-17-37-19-21-38(22-20-37)18-7-16-36-34(40)29-14-12-28(13-15-29)24-33-35(41)39(31-8-5-6-9-32(31)42-33)25-30-23-26(2)10-11-27(30)3/h5-6,8-15,23-24H,4,7,16-22,25H2,1-3H3,(H,36,40)/b33-24+. The Morgan fingerprint density at radius 1 is 0.929 bits per heavy atom. The van der Waals surface area contributed by atoms with Crippen molar-refractivity contribution in [3.05, 3.63) is 99.5 Å². The van der Waals surface area contributed by atoms with Gasteiger partial charge in [-0.15, -0.1) is 0 Å². The second-order valence-electron chi connectivity index (χ2n) is 11.3. The van der Waals surface area contributed by atoms with Gasteiger partial charge in [0.15, 0.2) is 0 Å². The van der Waals surface area contributed by atoms with Crippen molar-refractivity contribution in [1.29, 1.82) is 0 Å². The molecule has 3 aromatic rings. The zero-order valence-electron chi connectivity index (χ0n) is 25.1. The van der Waals surface area contributed by atoms with Crippen molar-refractivity contribution in [2.24, 2.45) is 0 Å². The fourth-order valence-electron chi connectivity index (χ4n) is 5.60. The Kier molecular flexibility index (Phi) is 10.2. The minimum Gasteiger partial charge on any atom is -0.352 e. The first kappa shape index (κ1) is 30.1. The van der Waals surface area contributed by atoms with Gasteiger partial charge in [0.1, 0.15) is 0 Å². The lowest BCUT2D eigenvalue weighted by Crippen LogP contribution is -2.47. The van der Waals surface area contributed by atoms with Crippen molar-refractivity contribution >= 4 is 35.3 Å². The number of rotatable bonds is 10. The van der Waals surface area contributed by atoms with Gasteiger partial charge in [0.05, 0.1) is 17.1 Å². The summed E-state index contributed by atoms with van der Waals surface area (Å²) in [5.41, 5.74) is 5.98. The van der Waals surface area contributed by atoms with E-state index in [1.165, 1.54) is 35.9 Å². The summed E-state index contributed by atoms with van der Waals surface area (Å²) in [5.74, 6) is -0.0630. The van der Waals surface area contributed by atoms with Gasteiger partial charge in [0, 0.05) is 43.2 Å². The maximum atomic E-state index is 13.7. The normalized spacial score (nSPS) is 17.0. The molecule has 0 radical (unpaired) electrons. The highest BCUT2D eigenvalue weighted by atomic mass is 32.2. The first-order chi connectivity index (χ1) is 20.4. The lowest BCUT2D eigenvalue weighted by Gasteiger charge is -2.34. The lowest BCUT2D eigenvalue weighted by molar-refractivity contribution is -0.114. The molecule has 0 bridgehead atoms. The zero-order valence-corrected chi connectivity index (χ0v) is 25.9. The number of para-hydroxylation sites is 1. The van der Waals surface area contributed by atoms with E-state index in [1.807, 2.05) is 53.4 Å². The summed E-state index contributed by atoms with van der Waals surface area (Å²) in [6.45, 7) is 14.3. The first-order valence-corrected chi connectivity index (χ1v) is 15.9. The fraction of sp³-hybridized carbons (Fsp3) is 0.371. The number of benzene rings is 3. The molecule has 1 N–H and O–H groups in total. The zero-order chi connectivity index (χ0) is 29.5. The van der Waals surface area contributed by atoms with Crippen molar-refractivity contribution in [3.63, 3.8) is 0 Å². The number of piperazine rings is 1. The summed E-state index contributed by atoms with van der Waals surface area (Å²) in [6.07, 6.45) is 4.09. The van der Waals surface area contributed by atoms with Crippen molar-refractivity contribution in [2.75, 3.05) is 50.7 Å². The summed E-state index contributed by atoms with van der Waals surface area (Å²) >= 11 is 1.50. The average Bonchev–Trinajstić information content (AvgIpc) is 3.00. The molecule has 0 saturated carbocycles. The van der Waals surface area contributed by atoms with Crippen LogP contribution in [0.25, 0.3) is 6.08 Å². The van der Waals surface area contributed by atoms with Crippen LogP contribution in [0, 0.1) is 13.8 Å². The van der Waals surface area contributed by atoms with E-state index >= 15 is 0 Å². The Balaban J connectivity index is 1.19. The van der Waals surface area contributed by atoms with Gasteiger partial charge in [-0.05, 0) is 86.8 Å². The second kappa shape index (κ2) is 14.2. The monoisotopic (exact) mass is 582 g/mol. The number of nitrogens with one attached hydrogen (secondary N) is 1.